The molecule has 1 heterocycles. The molecule has 1 atom stereocenters. The number of aromatic nitrogens is 2. The number of anilines is 1. The largest absolute Gasteiger partial charge is 0.481 e. The van der Waals surface area contributed by atoms with E-state index in [0.717, 1.165) is 5.56 Å². The smallest absolute Gasteiger partial charge is 0.305 e. The van der Waals surface area contributed by atoms with Gasteiger partial charge in [-0.15, -0.1) is 0 Å². The molecule has 0 saturated carbocycles. The van der Waals surface area contributed by atoms with E-state index in [9.17, 15) is 4.79 Å². The first-order chi connectivity index (χ1) is 11.5. The zero-order valence-electron chi connectivity index (χ0n) is 12.7. The highest BCUT2D eigenvalue weighted by Gasteiger charge is 2.17. The molecule has 126 valence electrons. The number of hydrogen-bond acceptors (Lipinski definition) is 5. The van der Waals surface area contributed by atoms with Gasteiger partial charge < -0.3 is 20.5 Å². The van der Waals surface area contributed by atoms with Crippen LogP contribution in [0.4, 0.5) is 5.82 Å². The fraction of sp³-hybridized carbons (Fsp3) is 0.200. The number of carboxylic acids is 1. The van der Waals surface area contributed by atoms with E-state index < -0.39 is 12.0 Å². The Balaban J connectivity index is 2.08. The van der Waals surface area contributed by atoms with Gasteiger partial charge in [0.1, 0.15) is 12.1 Å². The molecule has 0 fully saturated rings. The quantitative estimate of drug-likeness (QED) is 0.671. The van der Waals surface area contributed by atoms with E-state index in [2.05, 4.69) is 20.6 Å². The van der Waals surface area contributed by atoms with Gasteiger partial charge >= 0.3 is 5.97 Å². The maximum Gasteiger partial charge on any atom is 0.305 e. The Labute approximate surface area is 149 Å². The lowest BCUT2D eigenvalue weighted by molar-refractivity contribution is -0.137. The highest BCUT2D eigenvalue weighted by atomic mass is 35.5. The molecule has 1 aromatic carbocycles. The third-order valence-electron chi connectivity index (χ3n) is 3.05. The van der Waals surface area contributed by atoms with Crippen molar-refractivity contribution in [3.8, 4) is 5.88 Å². The van der Waals surface area contributed by atoms with Crippen molar-refractivity contribution in [2.24, 2.45) is 0 Å². The lowest BCUT2D eigenvalue weighted by Crippen LogP contribution is -2.33. The second-order valence-corrected chi connectivity index (χ2v) is 5.59. The zero-order valence-corrected chi connectivity index (χ0v) is 14.3. The molecular weight excluding hydrogens is 352 g/mol. The van der Waals surface area contributed by atoms with Gasteiger partial charge in [0, 0.05) is 11.1 Å². The topological polar surface area (TPSA) is 96.4 Å². The summed E-state index contributed by atoms with van der Waals surface area (Å²) in [6.07, 6.45) is 1.19. The lowest BCUT2D eigenvalue weighted by Gasteiger charge is -2.19. The number of benzene rings is 1. The van der Waals surface area contributed by atoms with Gasteiger partial charge in [-0.05, 0) is 29.9 Å². The Morgan fingerprint density at radius 3 is 2.71 bits per heavy atom. The molecule has 0 spiro atoms. The van der Waals surface area contributed by atoms with Crippen molar-refractivity contribution >= 4 is 40.7 Å². The molecule has 24 heavy (non-hydrogen) atoms. The van der Waals surface area contributed by atoms with Gasteiger partial charge in [0.05, 0.1) is 19.6 Å². The molecule has 1 aromatic heterocycles. The van der Waals surface area contributed by atoms with Crippen LogP contribution in [0.5, 0.6) is 5.88 Å². The van der Waals surface area contributed by atoms with Gasteiger partial charge in [-0.3, -0.25) is 4.79 Å². The Hall–Kier alpha value is -2.45. The van der Waals surface area contributed by atoms with Crippen molar-refractivity contribution in [3.05, 3.63) is 47.2 Å². The lowest BCUT2D eigenvalue weighted by atomic mass is 10.0. The molecule has 0 unspecified atom stereocenters. The standard InChI is InChI=1S/C15H15ClN4O3S/c1-23-13-7-12(17-8-18-13)20-15(24)19-11(6-14(21)22)9-2-4-10(16)5-3-9/h2-5,7-8,11H,6H2,1H3,(H,21,22)(H2,17,18,19,20,24)/t11-/m0/s1. The summed E-state index contributed by atoms with van der Waals surface area (Å²) in [7, 11) is 1.49. The summed E-state index contributed by atoms with van der Waals surface area (Å²) in [5.74, 6) is -0.131. The number of thiocarbonyl (C=S) groups is 1. The summed E-state index contributed by atoms with van der Waals surface area (Å²) < 4.78 is 5.01. The molecule has 0 amide bonds. The normalized spacial score (nSPS) is 11.4. The van der Waals surface area contributed by atoms with Crippen LogP contribution in [0, 0.1) is 0 Å². The molecule has 0 radical (unpaired) electrons. The van der Waals surface area contributed by atoms with Crippen LogP contribution in [-0.2, 0) is 4.79 Å². The maximum absolute atomic E-state index is 11.1. The molecule has 2 rings (SSSR count). The number of rotatable bonds is 6. The number of ether oxygens (including phenoxy) is 1. The van der Waals surface area contributed by atoms with Gasteiger partial charge in [-0.1, -0.05) is 23.7 Å². The van der Waals surface area contributed by atoms with Crippen molar-refractivity contribution in [1.29, 1.82) is 0 Å². The van der Waals surface area contributed by atoms with Crippen molar-refractivity contribution in [1.82, 2.24) is 15.3 Å². The van der Waals surface area contributed by atoms with Crippen LogP contribution in [0.25, 0.3) is 0 Å². The second-order valence-electron chi connectivity index (χ2n) is 4.75. The Morgan fingerprint density at radius 1 is 1.38 bits per heavy atom. The number of hydrogen-bond donors (Lipinski definition) is 3. The fourth-order valence-electron chi connectivity index (χ4n) is 1.95. The molecule has 0 aliphatic heterocycles. The van der Waals surface area contributed by atoms with Gasteiger partial charge in [0.2, 0.25) is 5.88 Å². The molecule has 0 saturated heterocycles. The molecule has 3 N–H and O–H groups in total. The molecule has 0 bridgehead atoms. The van der Waals surface area contributed by atoms with E-state index in [4.69, 9.17) is 33.7 Å². The number of nitrogens with zero attached hydrogens (tertiary/aromatic N) is 2. The van der Waals surface area contributed by atoms with Crippen LogP contribution in [0.2, 0.25) is 5.02 Å². The van der Waals surface area contributed by atoms with Crippen LogP contribution in [-0.4, -0.2) is 33.3 Å². The van der Waals surface area contributed by atoms with Crippen molar-refractivity contribution in [2.75, 3.05) is 12.4 Å². The van der Waals surface area contributed by atoms with Crippen molar-refractivity contribution in [2.45, 2.75) is 12.5 Å². The van der Waals surface area contributed by atoms with Gasteiger partial charge in [-0.2, -0.15) is 0 Å². The summed E-state index contributed by atoms with van der Waals surface area (Å²) in [6, 6.07) is 7.95. The SMILES string of the molecule is COc1cc(NC(=S)N[C@@H](CC(=O)O)c2ccc(Cl)cc2)ncn1. The third-order valence-corrected chi connectivity index (χ3v) is 3.52. The Morgan fingerprint density at radius 2 is 2.08 bits per heavy atom. The Kier molecular flexibility index (Phi) is 6.28. The van der Waals surface area contributed by atoms with Gasteiger partial charge in [-0.25, -0.2) is 9.97 Å². The molecular formula is C15H15ClN4O3S. The number of carboxylic acid groups (broad SMARTS) is 1. The fourth-order valence-corrected chi connectivity index (χ4v) is 2.32. The summed E-state index contributed by atoms with van der Waals surface area (Å²) >= 11 is 11.1. The van der Waals surface area contributed by atoms with E-state index in [1.807, 2.05) is 0 Å². The number of aliphatic carboxylic acids is 1. The first-order valence-corrected chi connectivity index (χ1v) is 7.67. The van der Waals surface area contributed by atoms with E-state index in [1.165, 1.54) is 13.4 Å². The van der Waals surface area contributed by atoms with Gasteiger partial charge in [0.15, 0.2) is 5.11 Å². The number of methoxy groups -OCH3 is 1. The third kappa shape index (κ3) is 5.32. The maximum atomic E-state index is 11.1. The summed E-state index contributed by atoms with van der Waals surface area (Å²) in [6.45, 7) is 0. The van der Waals surface area contributed by atoms with Crippen molar-refractivity contribution < 1.29 is 14.6 Å². The van der Waals surface area contributed by atoms with Crippen LogP contribution in [0.3, 0.4) is 0 Å². The summed E-state index contributed by atoms with van der Waals surface area (Å²) in [4.78, 5) is 19.0. The summed E-state index contributed by atoms with van der Waals surface area (Å²) in [5, 5.41) is 15.7. The van der Waals surface area contributed by atoms with Gasteiger partial charge in [0.25, 0.3) is 0 Å². The highest BCUT2D eigenvalue weighted by molar-refractivity contribution is 7.80. The van der Waals surface area contributed by atoms with Crippen LogP contribution >= 0.6 is 23.8 Å². The first-order valence-electron chi connectivity index (χ1n) is 6.88. The van der Waals surface area contributed by atoms with Crippen LogP contribution in [0.15, 0.2) is 36.7 Å². The molecule has 9 heteroatoms. The molecule has 0 aliphatic rings. The predicted octanol–water partition coefficient (Wildman–Crippen LogP) is 2.64. The summed E-state index contributed by atoms with van der Waals surface area (Å²) in [5.41, 5.74) is 0.756. The van der Waals surface area contributed by atoms with E-state index in [1.54, 1.807) is 30.3 Å². The highest BCUT2D eigenvalue weighted by Crippen LogP contribution is 2.20. The number of carbonyl (C=O) groups is 1. The minimum Gasteiger partial charge on any atom is -0.481 e. The monoisotopic (exact) mass is 366 g/mol. The number of nitrogens with one attached hydrogen (secondary N) is 2. The average molecular weight is 367 g/mol. The van der Waals surface area contributed by atoms with E-state index in [0.29, 0.717) is 16.7 Å². The molecule has 7 nitrogen and oxygen atoms in total. The minimum absolute atomic E-state index is 0.142. The first kappa shape index (κ1) is 17.9. The molecule has 2 aromatic rings. The second kappa shape index (κ2) is 8.42. The van der Waals surface area contributed by atoms with Crippen molar-refractivity contribution in [3.63, 3.8) is 0 Å². The van der Waals surface area contributed by atoms with E-state index >= 15 is 0 Å². The van der Waals surface area contributed by atoms with E-state index in [-0.39, 0.29) is 11.5 Å². The van der Waals surface area contributed by atoms with Crippen LogP contribution < -0.4 is 15.4 Å². The molecule has 0 aliphatic carbocycles. The minimum atomic E-state index is -0.950. The zero-order chi connectivity index (χ0) is 17.5. The average Bonchev–Trinajstić information content (AvgIpc) is 2.54. The number of halogens is 1. The predicted molar refractivity (Wildman–Crippen MR) is 94.4 cm³/mol. The Bertz CT molecular complexity index is 727. The van der Waals surface area contributed by atoms with Crippen LogP contribution in [0.1, 0.15) is 18.0 Å².